The fraction of sp³-hybridized carbons (Fsp3) is 0.200. The molecule has 1 amide bonds. The normalized spacial score (nSPS) is 10.8. The molecule has 0 fully saturated rings. The van der Waals surface area contributed by atoms with Crippen molar-refractivity contribution >= 4 is 17.3 Å². The third-order valence-electron chi connectivity index (χ3n) is 3.96. The quantitative estimate of drug-likeness (QED) is 0.637. The van der Waals surface area contributed by atoms with Gasteiger partial charge in [0.05, 0.1) is 0 Å². The first-order valence-electron chi connectivity index (χ1n) is 7.88. The minimum Gasteiger partial charge on any atom is -0.360 e. The summed E-state index contributed by atoms with van der Waals surface area (Å²) in [7, 11) is 0. The number of hydrogen-bond acceptors (Lipinski definition) is 3. The van der Waals surface area contributed by atoms with Gasteiger partial charge in [-0.3, -0.25) is 4.79 Å². The Morgan fingerprint density at radius 2 is 1.88 bits per heavy atom. The molecular formula is C20H21N3O. The topological polar surface area (TPSA) is 64.9 Å². The predicted molar refractivity (Wildman–Crippen MR) is 97.7 cm³/mol. The number of carbonyl (C=O) groups is 1. The number of nitrogens with one attached hydrogen (secondary N) is 2. The highest BCUT2D eigenvalue weighted by Gasteiger charge is 2.11. The molecule has 0 aliphatic carbocycles. The molecule has 2 N–H and O–H groups in total. The van der Waals surface area contributed by atoms with Crippen LogP contribution in [0.2, 0.25) is 0 Å². The van der Waals surface area contributed by atoms with Gasteiger partial charge in [-0.1, -0.05) is 31.2 Å². The zero-order valence-electron chi connectivity index (χ0n) is 14.2. The van der Waals surface area contributed by atoms with Crippen LogP contribution in [0.3, 0.4) is 0 Å². The monoisotopic (exact) mass is 319 g/mol. The van der Waals surface area contributed by atoms with Crippen molar-refractivity contribution in [3.8, 4) is 6.07 Å². The van der Waals surface area contributed by atoms with Crippen LogP contribution in [0.1, 0.15) is 23.6 Å². The van der Waals surface area contributed by atoms with Gasteiger partial charge in [-0.25, -0.2) is 0 Å². The van der Waals surface area contributed by atoms with Gasteiger partial charge in [-0.15, -0.1) is 0 Å². The Morgan fingerprint density at radius 3 is 2.50 bits per heavy atom. The SMILES string of the molecule is CCc1ccc(N/C=C(/C#N)C(=O)Nc2cccc(C)c2C)cc1. The van der Waals surface area contributed by atoms with E-state index in [1.807, 2.05) is 62.4 Å². The van der Waals surface area contributed by atoms with Crippen molar-refractivity contribution in [3.63, 3.8) is 0 Å². The number of carbonyl (C=O) groups excluding carboxylic acids is 1. The van der Waals surface area contributed by atoms with Crippen LogP contribution in [0.15, 0.2) is 54.2 Å². The minimum atomic E-state index is -0.427. The third-order valence-corrected chi connectivity index (χ3v) is 3.96. The second-order valence-corrected chi connectivity index (χ2v) is 5.57. The van der Waals surface area contributed by atoms with E-state index in [1.54, 1.807) is 0 Å². The molecule has 0 spiro atoms. The molecule has 0 aromatic heterocycles. The number of nitriles is 1. The first kappa shape index (κ1) is 17.3. The van der Waals surface area contributed by atoms with Crippen LogP contribution < -0.4 is 10.6 Å². The summed E-state index contributed by atoms with van der Waals surface area (Å²) < 4.78 is 0. The van der Waals surface area contributed by atoms with E-state index < -0.39 is 5.91 Å². The fourth-order valence-corrected chi connectivity index (χ4v) is 2.22. The highest BCUT2D eigenvalue weighted by molar-refractivity contribution is 6.07. The van der Waals surface area contributed by atoms with Gasteiger partial charge in [0.25, 0.3) is 5.91 Å². The Balaban J connectivity index is 2.10. The second-order valence-electron chi connectivity index (χ2n) is 5.57. The zero-order chi connectivity index (χ0) is 17.5. The van der Waals surface area contributed by atoms with Crippen molar-refractivity contribution in [2.45, 2.75) is 27.2 Å². The summed E-state index contributed by atoms with van der Waals surface area (Å²) in [6.45, 7) is 6.01. The van der Waals surface area contributed by atoms with E-state index in [2.05, 4.69) is 17.6 Å². The summed E-state index contributed by atoms with van der Waals surface area (Å²) in [5.74, 6) is -0.427. The highest BCUT2D eigenvalue weighted by Crippen LogP contribution is 2.18. The van der Waals surface area contributed by atoms with Gasteiger partial charge in [0.1, 0.15) is 11.6 Å². The van der Waals surface area contributed by atoms with Gasteiger partial charge in [0.2, 0.25) is 0 Å². The Morgan fingerprint density at radius 1 is 1.17 bits per heavy atom. The lowest BCUT2D eigenvalue weighted by molar-refractivity contribution is -0.112. The van der Waals surface area contributed by atoms with Crippen LogP contribution in [-0.4, -0.2) is 5.91 Å². The molecule has 4 heteroatoms. The van der Waals surface area contributed by atoms with Gasteiger partial charge in [0.15, 0.2) is 0 Å². The van der Waals surface area contributed by atoms with E-state index in [1.165, 1.54) is 11.8 Å². The molecule has 0 atom stereocenters. The number of aryl methyl sites for hydroxylation is 2. The van der Waals surface area contributed by atoms with Crippen LogP contribution in [0.25, 0.3) is 0 Å². The number of nitrogens with zero attached hydrogens (tertiary/aromatic N) is 1. The first-order chi connectivity index (χ1) is 11.5. The van der Waals surface area contributed by atoms with Gasteiger partial charge in [0, 0.05) is 17.6 Å². The molecule has 0 heterocycles. The molecule has 0 radical (unpaired) electrons. The molecule has 24 heavy (non-hydrogen) atoms. The van der Waals surface area contributed by atoms with E-state index >= 15 is 0 Å². The van der Waals surface area contributed by atoms with Gasteiger partial charge in [-0.05, 0) is 55.2 Å². The van der Waals surface area contributed by atoms with E-state index in [0.29, 0.717) is 5.69 Å². The molecule has 0 aliphatic heterocycles. The van der Waals surface area contributed by atoms with Crippen LogP contribution in [0.5, 0.6) is 0 Å². The summed E-state index contributed by atoms with van der Waals surface area (Å²) >= 11 is 0. The fourth-order valence-electron chi connectivity index (χ4n) is 2.22. The molecule has 0 unspecified atom stereocenters. The molecule has 2 aromatic carbocycles. The summed E-state index contributed by atoms with van der Waals surface area (Å²) in [6, 6.07) is 15.5. The Hall–Kier alpha value is -3.06. The van der Waals surface area contributed by atoms with Crippen molar-refractivity contribution in [2.24, 2.45) is 0 Å². The largest absolute Gasteiger partial charge is 0.360 e. The Kier molecular flexibility index (Phi) is 5.75. The van der Waals surface area contributed by atoms with E-state index in [4.69, 9.17) is 0 Å². The Bertz CT molecular complexity index is 799. The lowest BCUT2D eigenvalue weighted by Gasteiger charge is -2.10. The lowest BCUT2D eigenvalue weighted by atomic mass is 10.1. The van der Waals surface area contributed by atoms with Gasteiger partial charge < -0.3 is 10.6 Å². The molecule has 0 bridgehead atoms. The lowest BCUT2D eigenvalue weighted by Crippen LogP contribution is -2.15. The molecule has 0 saturated carbocycles. The molecule has 2 rings (SSSR count). The number of amides is 1. The summed E-state index contributed by atoms with van der Waals surface area (Å²) in [5.41, 5.74) is 4.89. The number of benzene rings is 2. The third kappa shape index (κ3) is 4.23. The molecule has 122 valence electrons. The first-order valence-corrected chi connectivity index (χ1v) is 7.88. The van der Waals surface area contributed by atoms with Crippen molar-refractivity contribution in [2.75, 3.05) is 10.6 Å². The maximum absolute atomic E-state index is 12.3. The molecule has 0 aliphatic rings. The number of rotatable bonds is 5. The second kappa shape index (κ2) is 7.98. The number of anilines is 2. The smallest absolute Gasteiger partial charge is 0.267 e. The standard InChI is InChI=1S/C20H21N3O/c1-4-16-8-10-18(11-9-16)22-13-17(12-21)20(24)23-19-7-5-6-14(2)15(19)3/h5-11,13,22H,4H2,1-3H3,(H,23,24)/b17-13-. The highest BCUT2D eigenvalue weighted by atomic mass is 16.1. The van der Waals surface area contributed by atoms with Crippen LogP contribution >= 0.6 is 0 Å². The van der Waals surface area contributed by atoms with Crippen LogP contribution in [0, 0.1) is 25.2 Å². The summed E-state index contributed by atoms with van der Waals surface area (Å²) in [4.78, 5) is 12.3. The van der Waals surface area contributed by atoms with E-state index in [9.17, 15) is 10.1 Å². The minimum absolute atomic E-state index is 0.0236. The van der Waals surface area contributed by atoms with Crippen molar-refractivity contribution < 1.29 is 4.79 Å². The predicted octanol–water partition coefficient (Wildman–Crippen LogP) is 4.32. The zero-order valence-corrected chi connectivity index (χ0v) is 14.2. The molecule has 0 saturated heterocycles. The van der Waals surface area contributed by atoms with Crippen LogP contribution in [0.4, 0.5) is 11.4 Å². The Labute approximate surface area is 142 Å². The maximum atomic E-state index is 12.3. The van der Waals surface area contributed by atoms with E-state index in [0.717, 1.165) is 23.2 Å². The van der Waals surface area contributed by atoms with Crippen molar-refractivity contribution in [1.82, 2.24) is 0 Å². The molecular weight excluding hydrogens is 298 g/mol. The van der Waals surface area contributed by atoms with Crippen molar-refractivity contribution in [1.29, 1.82) is 5.26 Å². The van der Waals surface area contributed by atoms with Crippen molar-refractivity contribution in [3.05, 3.63) is 70.9 Å². The van der Waals surface area contributed by atoms with E-state index in [-0.39, 0.29) is 5.57 Å². The van der Waals surface area contributed by atoms with Crippen LogP contribution in [-0.2, 0) is 11.2 Å². The molecule has 2 aromatic rings. The summed E-state index contributed by atoms with van der Waals surface area (Å²) in [5, 5.41) is 15.0. The summed E-state index contributed by atoms with van der Waals surface area (Å²) in [6.07, 6.45) is 2.40. The molecule has 4 nitrogen and oxygen atoms in total. The van der Waals surface area contributed by atoms with Gasteiger partial charge >= 0.3 is 0 Å². The number of hydrogen-bond donors (Lipinski definition) is 2. The average Bonchev–Trinajstić information content (AvgIpc) is 2.60. The maximum Gasteiger partial charge on any atom is 0.267 e. The average molecular weight is 319 g/mol. The van der Waals surface area contributed by atoms with Gasteiger partial charge in [-0.2, -0.15) is 5.26 Å².